The molecule has 1 aromatic heterocycles. The smallest absolute Gasteiger partial charge is 0.335 e. The van der Waals surface area contributed by atoms with Crippen LogP contribution in [0.4, 0.5) is 5.82 Å². The minimum Gasteiger partial charge on any atom is -0.508 e. The van der Waals surface area contributed by atoms with Crippen molar-refractivity contribution in [3.63, 3.8) is 0 Å². The second-order valence-electron chi connectivity index (χ2n) is 5.36. The molecule has 2 aromatic carbocycles. The lowest BCUT2D eigenvalue weighted by Crippen LogP contribution is -2.01. The number of nitrogens with zero attached hydrogens (tertiary/aromatic N) is 2. The number of carbonyl (C=O) groups is 1. The number of carboxylic acid groups (broad SMARTS) is 1. The lowest BCUT2D eigenvalue weighted by Gasteiger charge is -2.11. The molecule has 4 N–H and O–H groups in total. The van der Waals surface area contributed by atoms with E-state index in [9.17, 15) is 15.2 Å². The van der Waals surface area contributed by atoms with E-state index in [1.807, 2.05) is 6.07 Å². The van der Waals surface area contributed by atoms with Gasteiger partial charge in [-0.05, 0) is 35.9 Å². The number of nitrogens with two attached hydrogens (primary N) is 1. The second kappa shape index (κ2) is 6.34. The molecule has 0 bridgehead atoms. The zero-order chi connectivity index (χ0) is 18.0. The number of pyridine rings is 1. The summed E-state index contributed by atoms with van der Waals surface area (Å²) in [6.07, 6.45) is 0. The fourth-order valence-corrected chi connectivity index (χ4v) is 2.54. The van der Waals surface area contributed by atoms with Crippen molar-refractivity contribution in [1.82, 2.24) is 4.98 Å². The van der Waals surface area contributed by atoms with E-state index >= 15 is 0 Å². The first kappa shape index (κ1) is 16.0. The van der Waals surface area contributed by atoms with E-state index < -0.39 is 5.97 Å². The van der Waals surface area contributed by atoms with E-state index in [4.69, 9.17) is 10.8 Å². The first-order valence-corrected chi connectivity index (χ1v) is 7.33. The molecule has 0 spiro atoms. The van der Waals surface area contributed by atoms with E-state index in [0.717, 1.165) is 0 Å². The average Bonchev–Trinajstić information content (AvgIpc) is 2.61. The molecule has 0 radical (unpaired) electrons. The van der Waals surface area contributed by atoms with Gasteiger partial charge in [0.2, 0.25) is 0 Å². The van der Waals surface area contributed by atoms with Crippen molar-refractivity contribution in [1.29, 1.82) is 5.26 Å². The number of phenols is 1. The van der Waals surface area contributed by atoms with Crippen LogP contribution in [-0.2, 0) is 0 Å². The van der Waals surface area contributed by atoms with Crippen LogP contribution in [0.5, 0.6) is 5.75 Å². The largest absolute Gasteiger partial charge is 0.508 e. The number of aromatic nitrogens is 1. The maximum Gasteiger partial charge on any atom is 0.335 e. The summed E-state index contributed by atoms with van der Waals surface area (Å²) in [5, 5.41) is 28.2. The Hall–Kier alpha value is -3.85. The summed E-state index contributed by atoms with van der Waals surface area (Å²) in [6.45, 7) is 0. The molecule has 1 heterocycles. The third-order valence-corrected chi connectivity index (χ3v) is 3.72. The van der Waals surface area contributed by atoms with Crippen molar-refractivity contribution in [2.24, 2.45) is 0 Å². The third-order valence-electron chi connectivity index (χ3n) is 3.72. The Kier molecular flexibility index (Phi) is 4.06. The highest BCUT2D eigenvalue weighted by molar-refractivity contribution is 5.89. The summed E-state index contributed by atoms with van der Waals surface area (Å²) in [6, 6.07) is 16.4. The van der Waals surface area contributed by atoms with Crippen molar-refractivity contribution in [3.8, 4) is 34.2 Å². The first-order chi connectivity index (χ1) is 12.0. The number of hydrogen-bond donors (Lipinski definition) is 3. The zero-order valence-corrected chi connectivity index (χ0v) is 13.0. The van der Waals surface area contributed by atoms with Crippen LogP contribution in [0.2, 0.25) is 0 Å². The fraction of sp³-hybridized carbons (Fsp3) is 0. The lowest BCUT2D eigenvalue weighted by atomic mass is 9.98. The number of benzene rings is 2. The predicted molar refractivity (Wildman–Crippen MR) is 92.9 cm³/mol. The summed E-state index contributed by atoms with van der Waals surface area (Å²) in [5.41, 5.74) is 8.39. The minimum atomic E-state index is -1.04. The molecule has 0 atom stereocenters. The van der Waals surface area contributed by atoms with Crippen molar-refractivity contribution in [2.75, 3.05) is 5.73 Å². The highest BCUT2D eigenvalue weighted by Gasteiger charge is 2.14. The van der Waals surface area contributed by atoms with Gasteiger partial charge in [-0.3, -0.25) is 0 Å². The molecular weight excluding hydrogens is 318 g/mol. The van der Waals surface area contributed by atoms with Crippen LogP contribution in [0.3, 0.4) is 0 Å². The van der Waals surface area contributed by atoms with Gasteiger partial charge < -0.3 is 15.9 Å². The van der Waals surface area contributed by atoms with E-state index in [1.54, 1.807) is 30.3 Å². The highest BCUT2D eigenvalue weighted by Crippen LogP contribution is 2.32. The van der Waals surface area contributed by atoms with Crippen LogP contribution in [0.25, 0.3) is 22.4 Å². The van der Waals surface area contributed by atoms with Crippen molar-refractivity contribution < 1.29 is 15.0 Å². The van der Waals surface area contributed by atoms with Gasteiger partial charge >= 0.3 is 5.97 Å². The van der Waals surface area contributed by atoms with Gasteiger partial charge in [0.1, 0.15) is 23.2 Å². The van der Waals surface area contributed by atoms with Gasteiger partial charge in [-0.1, -0.05) is 24.3 Å². The number of aromatic carboxylic acids is 1. The maximum atomic E-state index is 11.2. The number of hydrogen-bond acceptors (Lipinski definition) is 5. The Labute approximate surface area is 143 Å². The Morgan fingerprint density at radius 1 is 1.08 bits per heavy atom. The summed E-state index contributed by atoms with van der Waals surface area (Å²) < 4.78 is 0. The molecule has 0 fully saturated rings. The molecule has 122 valence electrons. The van der Waals surface area contributed by atoms with Gasteiger partial charge in [-0.25, -0.2) is 9.78 Å². The summed E-state index contributed by atoms with van der Waals surface area (Å²) in [7, 11) is 0. The quantitative estimate of drug-likeness (QED) is 0.677. The lowest BCUT2D eigenvalue weighted by molar-refractivity contribution is 0.0697. The van der Waals surface area contributed by atoms with E-state index in [2.05, 4.69) is 4.98 Å². The Morgan fingerprint density at radius 3 is 2.48 bits per heavy atom. The molecule has 0 unspecified atom stereocenters. The topological polar surface area (TPSA) is 120 Å². The number of anilines is 1. The molecule has 6 heteroatoms. The number of aromatic hydroxyl groups is 1. The number of nitrogen functional groups attached to an aromatic ring is 1. The molecule has 0 amide bonds. The number of carboxylic acids is 1. The molecule has 6 nitrogen and oxygen atoms in total. The molecule has 0 aliphatic carbocycles. The van der Waals surface area contributed by atoms with Gasteiger partial charge in [0.25, 0.3) is 0 Å². The average molecular weight is 331 g/mol. The van der Waals surface area contributed by atoms with Gasteiger partial charge in [0.15, 0.2) is 0 Å². The van der Waals surface area contributed by atoms with Crippen LogP contribution >= 0.6 is 0 Å². The molecule has 0 aliphatic heterocycles. The van der Waals surface area contributed by atoms with Gasteiger partial charge in [-0.2, -0.15) is 5.26 Å². The normalized spacial score (nSPS) is 10.2. The van der Waals surface area contributed by atoms with E-state index in [1.165, 1.54) is 24.3 Å². The second-order valence-corrected chi connectivity index (χ2v) is 5.36. The maximum absolute atomic E-state index is 11.2. The molecule has 3 rings (SSSR count). The fourth-order valence-electron chi connectivity index (χ4n) is 2.54. The first-order valence-electron chi connectivity index (χ1n) is 7.33. The van der Waals surface area contributed by atoms with Crippen LogP contribution in [0.1, 0.15) is 15.9 Å². The Balaban J connectivity index is 2.22. The number of rotatable bonds is 3. The SMILES string of the molecule is N#Cc1c(-c2cccc(O)c2)cc(-c2cccc(C(=O)O)c2)nc1N. The number of nitriles is 1. The summed E-state index contributed by atoms with van der Waals surface area (Å²) in [5.74, 6) is -0.943. The molecule has 3 aromatic rings. The molecule has 0 saturated carbocycles. The Morgan fingerprint density at radius 2 is 1.80 bits per heavy atom. The number of phenolic OH excluding ortho intramolecular Hbond substituents is 1. The van der Waals surface area contributed by atoms with E-state index in [-0.39, 0.29) is 22.7 Å². The van der Waals surface area contributed by atoms with Gasteiger partial charge in [-0.15, -0.1) is 0 Å². The van der Waals surface area contributed by atoms with Crippen molar-refractivity contribution >= 4 is 11.8 Å². The van der Waals surface area contributed by atoms with Crippen LogP contribution < -0.4 is 5.73 Å². The zero-order valence-electron chi connectivity index (χ0n) is 13.0. The third kappa shape index (κ3) is 3.12. The Bertz CT molecular complexity index is 1020. The van der Waals surface area contributed by atoms with E-state index in [0.29, 0.717) is 22.4 Å². The van der Waals surface area contributed by atoms with Crippen LogP contribution in [0, 0.1) is 11.3 Å². The molecule has 0 aliphatic rings. The molecular formula is C19H13N3O3. The van der Waals surface area contributed by atoms with Gasteiger partial charge in [0.05, 0.1) is 11.3 Å². The van der Waals surface area contributed by atoms with Gasteiger partial charge in [0, 0.05) is 11.1 Å². The minimum absolute atomic E-state index is 0.0408. The molecule has 25 heavy (non-hydrogen) atoms. The van der Waals surface area contributed by atoms with Crippen molar-refractivity contribution in [2.45, 2.75) is 0 Å². The standard InChI is InChI=1S/C19H13N3O3/c20-10-16-15(11-3-2-6-14(23)8-11)9-17(22-18(16)21)12-4-1-5-13(7-12)19(24)25/h1-9,23H,(H2,21,22)(H,24,25). The summed E-state index contributed by atoms with van der Waals surface area (Å²) >= 11 is 0. The monoisotopic (exact) mass is 331 g/mol. The van der Waals surface area contributed by atoms with Crippen molar-refractivity contribution in [3.05, 3.63) is 65.7 Å². The highest BCUT2D eigenvalue weighted by atomic mass is 16.4. The molecule has 0 saturated heterocycles. The van der Waals surface area contributed by atoms with Crippen LogP contribution in [0.15, 0.2) is 54.6 Å². The van der Waals surface area contributed by atoms with Crippen LogP contribution in [-0.4, -0.2) is 21.2 Å². The predicted octanol–water partition coefficient (Wildman–Crippen LogP) is 3.27. The summed E-state index contributed by atoms with van der Waals surface area (Å²) in [4.78, 5) is 15.4.